The molecular weight excluding hydrogens is 128 g/mol. The maximum absolute atomic E-state index is 11.1. The number of hydrogen-bond donors (Lipinski definition) is 0. The van der Waals surface area contributed by atoms with Crippen molar-refractivity contribution in [1.29, 1.82) is 0 Å². The molecule has 2 nitrogen and oxygen atoms in total. The topological polar surface area (TPSA) is 26.3 Å². The predicted molar refractivity (Wildman–Crippen MR) is 36.8 cm³/mol. The van der Waals surface area contributed by atoms with Crippen LogP contribution in [-0.2, 0) is 9.53 Å². The minimum Gasteiger partial charge on any atom is -0.367 e. The normalized spacial score (nSPS) is 39.8. The largest absolute Gasteiger partial charge is 0.367 e. The van der Waals surface area contributed by atoms with E-state index in [-0.39, 0.29) is 12.2 Å². The number of Topliss-reactive ketones (excluding diaryl/α,β-unsaturated/α-hetero) is 1. The molecule has 2 bridgehead atoms. The first kappa shape index (κ1) is 6.35. The molecule has 10 heavy (non-hydrogen) atoms. The fourth-order valence-corrected chi connectivity index (χ4v) is 1.81. The summed E-state index contributed by atoms with van der Waals surface area (Å²) in [6.07, 6.45) is 5.43. The summed E-state index contributed by atoms with van der Waals surface area (Å²) in [4.78, 5) is 11.1. The highest BCUT2D eigenvalue weighted by Crippen LogP contribution is 2.28. The number of ketones is 1. The monoisotopic (exact) mass is 140 g/mol. The van der Waals surface area contributed by atoms with E-state index in [9.17, 15) is 4.79 Å². The number of ether oxygens (including phenoxy) is 1. The van der Waals surface area contributed by atoms with Gasteiger partial charge in [-0.05, 0) is 12.8 Å². The minimum absolute atomic E-state index is 0.0208. The van der Waals surface area contributed by atoms with E-state index in [1.807, 2.05) is 0 Å². The quantitative estimate of drug-likeness (QED) is 0.506. The van der Waals surface area contributed by atoms with Crippen LogP contribution in [0.2, 0.25) is 0 Å². The van der Waals surface area contributed by atoms with Gasteiger partial charge in [0, 0.05) is 6.42 Å². The number of carbonyl (C=O) groups excluding carboxylic acids is 1. The van der Waals surface area contributed by atoms with Crippen molar-refractivity contribution in [3.05, 3.63) is 0 Å². The van der Waals surface area contributed by atoms with E-state index in [4.69, 9.17) is 4.74 Å². The molecular formula is C8H12O2. The lowest BCUT2D eigenvalue weighted by atomic mass is 10.0. The van der Waals surface area contributed by atoms with Crippen LogP contribution < -0.4 is 0 Å². The van der Waals surface area contributed by atoms with Crippen molar-refractivity contribution < 1.29 is 9.53 Å². The molecule has 0 unspecified atom stereocenters. The van der Waals surface area contributed by atoms with Gasteiger partial charge in [0.25, 0.3) is 0 Å². The van der Waals surface area contributed by atoms with E-state index in [1.165, 1.54) is 12.8 Å². The van der Waals surface area contributed by atoms with E-state index in [1.54, 1.807) is 0 Å². The summed E-state index contributed by atoms with van der Waals surface area (Å²) < 4.78 is 5.48. The summed E-state index contributed by atoms with van der Waals surface area (Å²) >= 11 is 0. The van der Waals surface area contributed by atoms with Gasteiger partial charge in [0.15, 0.2) is 5.78 Å². The average molecular weight is 140 g/mol. The van der Waals surface area contributed by atoms with Crippen molar-refractivity contribution >= 4 is 5.78 Å². The molecule has 2 saturated heterocycles. The number of rotatable bonds is 0. The van der Waals surface area contributed by atoms with Crippen molar-refractivity contribution in [3.8, 4) is 0 Å². The lowest BCUT2D eigenvalue weighted by Gasteiger charge is -2.04. The molecule has 0 aromatic heterocycles. The molecule has 2 rings (SSSR count). The Morgan fingerprint density at radius 1 is 1.30 bits per heavy atom. The van der Waals surface area contributed by atoms with Gasteiger partial charge >= 0.3 is 0 Å². The zero-order valence-electron chi connectivity index (χ0n) is 6.01. The molecule has 0 N–H and O–H groups in total. The summed E-state index contributed by atoms with van der Waals surface area (Å²) in [5, 5.41) is 0. The molecule has 0 aromatic carbocycles. The summed E-state index contributed by atoms with van der Waals surface area (Å²) in [6, 6.07) is 0. The molecule has 2 fully saturated rings. The molecule has 0 aliphatic carbocycles. The highest BCUT2D eigenvalue weighted by atomic mass is 16.5. The van der Waals surface area contributed by atoms with Crippen LogP contribution in [0.15, 0.2) is 0 Å². The number of fused-ring (bicyclic) bond motifs is 2. The maximum atomic E-state index is 11.1. The Morgan fingerprint density at radius 2 is 2.10 bits per heavy atom. The second-order valence-corrected chi connectivity index (χ2v) is 3.20. The molecule has 56 valence electrons. The van der Waals surface area contributed by atoms with Crippen molar-refractivity contribution in [2.24, 2.45) is 0 Å². The van der Waals surface area contributed by atoms with Crippen molar-refractivity contribution in [2.45, 2.75) is 44.3 Å². The van der Waals surface area contributed by atoms with Crippen molar-refractivity contribution in [3.63, 3.8) is 0 Å². The molecule has 0 spiro atoms. The summed E-state index contributed by atoms with van der Waals surface area (Å²) in [5.41, 5.74) is 0. The van der Waals surface area contributed by atoms with Crippen molar-refractivity contribution in [2.75, 3.05) is 0 Å². The predicted octanol–water partition coefficient (Wildman–Crippen LogP) is 1.29. The third-order valence-electron chi connectivity index (χ3n) is 2.39. The molecule has 2 heterocycles. The van der Waals surface area contributed by atoms with Crippen LogP contribution in [0.25, 0.3) is 0 Å². The Hall–Kier alpha value is -0.370. The first-order valence-electron chi connectivity index (χ1n) is 4.04. The van der Waals surface area contributed by atoms with Crippen LogP contribution >= 0.6 is 0 Å². The Balaban J connectivity index is 2.09. The Kier molecular flexibility index (Phi) is 1.49. The highest BCUT2D eigenvalue weighted by Gasteiger charge is 2.34. The standard InChI is InChI=1S/C8H12O2/c9-7-5-6-3-1-2-4-8(7)10-6/h6,8H,1-5H2/t6-,8+/m0/s1. The average Bonchev–Trinajstić information content (AvgIpc) is 2.18. The minimum atomic E-state index is -0.0208. The number of hydrogen-bond acceptors (Lipinski definition) is 2. The van der Waals surface area contributed by atoms with E-state index in [2.05, 4.69) is 0 Å². The fourth-order valence-electron chi connectivity index (χ4n) is 1.81. The van der Waals surface area contributed by atoms with Gasteiger partial charge in [-0.1, -0.05) is 12.8 Å². The van der Waals surface area contributed by atoms with Gasteiger partial charge in [0.1, 0.15) is 6.10 Å². The van der Waals surface area contributed by atoms with Crippen LogP contribution in [0.1, 0.15) is 32.1 Å². The summed E-state index contributed by atoms with van der Waals surface area (Å²) in [6.45, 7) is 0. The van der Waals surface area contributed by atoms with Gasteiger partial charge < -0.3 is 4.74 Å². The van der Waals surface area contributed by atoms with Crippen LogP contribution in [0.3, 0.4) is 0 Å². The first-order chi connectivity index (χ1) is 4.86. The van der Waals surface area contributed by atoms with Gasteiger partial charge in [-0.3, -0.25) is 4.79 Å². The first-order valence-corrected chi connectivity index (χ1v) is 4.04. The molecule has 0 aromatic rings. The van der Waals surface area contributed by atoms with E-state index in [0.717, 1.165) is 12.8 Å². The number of carbonyl (C=O) groups is 1. The fraction of sp³-hybridized carbons (Fsp3) is 0.875. The summed E-state index contributed by atoms with van der Waals surface area (Å²) in [5.74, 6) is 0.338. The van der Waals surface area contributed by atoms with Crippen LogP contribution in [0.4, 0.5) is 0 Å². The van der Waals surface area contributed by atoms with Gasteiger partial charge in [-0.25, -0.2) is 0 Å². The van der Waals surface area contributed by atoms with Gasteiger partial charge in [-0.2, -0.15) is 0 Å². The molecule has 2 aliphatic heterocycles. The third kappa shape index (κ3) is 0.966. The Bertz CT molecular complexity index is 153. The molecule has 2 aliphatic rings. The smallest absolute Gasteiger partial charge is 0.164 e. The molecule has 0 saturated carbocycles. The lowest BCUT2D eigenvalue weighted by Crippen LogP contribution is -2.13. The maximum Gasteiger partial charge on any atom is 0.164 e. The van der Waals surface area contributed by atoms with Crippen molar-refractivity contribution in [1.82, 2.24) is 0 Å². The van der Waals surface area contributed by atoms with E-state index >= 15 is 0 Å². The van der Waals surface area contributed by atoms with Gasteiger partial charge in [0.2, 0.25) is 0 Å². The Morgan fingerprint density at radius 3 is 3.00 bits per heavy atom. The SMILES string of the molecule is O=C1C[C@@H]2CCCC[C@H]1O2. The van der Waals surface area contributed by atoms with Crippen LogP contribution in [0.5, 0.6) is 0 Å². The molecule has 2 atom stereocenters. The molecule has 0 radical (unpaired) electrons. The van der Waals surface area contributed by atoms with Crippen LogP contribution in [0, 0.1) is 0 Å². The third-order valence-corrected chi connectivity index (χ3v) is 2.39. The molecule has 2 heteroatoms. The lowest BCUT2D eigenvalue weighted by molar-refractivity contribution is -0.122. The second-order valence-electron chi connectivity index (χ2n) is 3.20. The van der Waals surface area contributed by atoms with Gasteiger partial charge in [-0.15, -0.1) is 0 Å². The van der Waals surface area contributed by atoms with Gasteiger partial charge in [0.05, 0.1) is 6.10 Å². The second kappa shape index (κ2) is 2.35. The van der Waals surface area contributed by atoms with Crippen LogP contribution in [-0.4, -0.2) is 18.0 Å². The Labute approximate surface area is 60.6 Å². The molecule has 0 amide bonds. The van der Waals surface area contributed by atoms with E-state index in [0.29, 0.717) is 12.2 Å². The summed E-state index contributed by atoms with van der Waals surface area (Å²) in [7, 11) is 0. The zero-order chi connectivity index (χ0) is 6.97. The highest BCUT2D eigenvalue weighted by molar-refractivity contribution is 5.85. The zero-order valence-corrected chi connectivity index (χ0v) is 6.01. The van der Waals surface area contributed by atoms with E-state index < -0.39 is 0 Å².